The zero-order valence-corrected chi connectivity index (χ0v) is 9.84. The van der Waals surface area contributed by atoms with Crippen LogP contribution in [0.4, 0.5) is 18.3 Å². The zero-order valence-electron chi connectivity index (χ0n) is 9.02. The van der Waals surface area contributed by atoms with E-state index in [2.05, 4.69) is 9.36 Å². The van der Waals surface area contributed by atoms with Crippen molar-refractivity contribution in [2.45, 2.75) is 25.6 Å². The summed E-state index contributed by atoms with van der Waals surface area (Å²) in [5, 5.41) is 8.80. The zero-order chi connectivity index (χ0) is 13.2. The molecule has 96 valence electrons. The van der Waals surface area contributed by atoms with Crippen molar-refractivity contribution in [1.29, 1.82) is 0 Å². The summed E-state index contributed by atoms with van der Waals surface area (Å²) in [7, 11) is 1.38. The highest BCUT2D eigenvalue weighted by molar-refractivity contribution is 7.09. The number of carboxylic acid groups (broad SMARTS) is 1. The second kappa shape index (κ2) is 4.86. The Kier molecular flexibility index (Phi) is 3.91. The molecule has 0 radical (unpaired) electrons. The Morgan fingerprint density at radius 2 is 2.18 bits per heavy atom. The molecule has 0 saturated heterocycles. The van der Waals surface area contributed by atoms with E-state index >= 15 is 0 Å². The smallest absolute Gasteiger partial charge is 0.452 e. The van der Waals surface area contributed by atoms with E-state index in [1.54, 1.807) is 6.92 Å². The van der Waals surface area contributed by atoms with Crippen LogP contribution in [0.1, 0.15) is 19.2 Å². The summed E-state index contributed by atoms with van der Waals surface area (Å²) < 4.78 is 39.9. The normalized spacial score (nSPS) is 13.5. The van der Waals surface area contributed by atoms with Crippen molar-refractivity contribution in [3.05, 3.63) is 5.82 Å². The first-order valence-electron chi connectivity index (χ1n) is 4.64. The highest BCUT2D eigenvalue weighted by Gasteiger charge is 2.37. The van der Waals surface area contributed by atoms with E-state index in [0.717, 1.165) is 0 Å². The number of hydrogen-bond donors (Lipinski definition) is 1. The summed E-state index contributed by atoms with van der Waals surface area (Å²) in [5.41, 5.74) is 0. The monoisotopic (exact) mass is 269 g/mol. The SMILES string of the molecule is CCC(C(=O)O)N(C)c1nc(C(F)(F)F)ns1. The first-order chi connectivity index (χ1) is 7.77. The molecule has 1 heterocycles. The van der Waals surface area contributed by atoms with Gasteiger partial charge in [-0.2, -0.15) is 22.5 Å². The minimum absolute atomic E-state index is 0.0634. The molecule has 1 unspecified atom stereocenters. The second-order valence-corrected chi connectivity index (χ2v) is 4.00. The molecule has 0 aliphatic carbocycles. The molecule has 0 saturated carbocycles. The van der Waals surface area contributed by atoms with Crippen LogP contribution in [-0.4, -0.2) is 33.5 Å². The van der Waals surface area contributed by atoms with Crippen LogP contribution in [0.2, 0.25) is 0 Å². The predicted octanol–water partition coefficient (Wildman–Crippen LogP) is 1.86. The predicted molar refractivity (Wildman–Crippen MR) is 55.0 cm³/mol. The van der Waals surface area contributed by atoms with Crippen molar-refractivity contribution in [3.63, 3.8) is 0 Å². The van der Waals surface area contributed by atoms with Crippen molar-refractivity contribution < 1.29 is 23.1 Å². The Morgan fingerprint density at radius 1 is 1.59 bits per heavy atom. The lowest BCUT2D eigenvalue weighted by atomic mass is 10.2. The molecule has 0 bridgehead atoms. The summed E-state index contributed by atoms with van der Waals surface area (Å²) in [6.07, 6.45) is -4.35. The molecule has 0 spiro atoms. The molecule has 0 fully saturated rings. The van der Waals surface area contributed by atoms with Gasteiger partial charge in [-0.15, -0.1) is 0 Å². The van der Waals surface area contributed by atoms with Gasteiger partial charge in [0.05, 0.1) is 0 Å². The van der Waals surface area contributed by atoms with E-state index in [0.29, 0.717) is 11.5 Å². The molecular formula is C8H10F3N3O2S. The Labute approximate surface area is 99.1 Å². The van der Waals surface area contributed by atoms with Crippen molar-refractivity contribution >= 4 is 22.6 Å². The molecule has 1 atom stereocenters. The van der Waals surface area contributed by atoms with Crippen LogP contribution in [0.25, 0.3) is 0 Å². The van der Waals surface area contributed by atoms with Crippen LogP contribution in [0.15, 0.2) is 0 Å². The molecule has 1 aromatic heterocycles. The van der Waals surface area contributed by atoms with Gasteiger partial charge in [0, 0.05) is 18.6 Å². The molecule has 5 nitrogen and oxygen atoms in total. The maximum atomic E-state index is 12.3. The standard InChI is InChI=1S/C8H10F3N3O2S/c1-3-4(5(15)16)14(2)7-12-6(13-17-7)8(9,10)11/h4H,3H2,1-2H3,(H,15,16). The first-order valence-corrected chi connectivity index (χ1v) is 5.41. The summed E-state index contributed by atoms with van der Waals surface area (Å²) in [4.78, 5) is 15.3. The van der Waals surface area contributed by atoms with Gasteiger partial charge in [0.1, 0.15) is 6.04 Å². The minimum Gasteiger partial charge on any atom is -0.480 e. The number of rotatable bonds is 4. The molecule has 9 heteroatoms. The van der Waals surface area contributed by atoms with E-state index in [9.17, 15) is 18.0 Å². The molecule has 1 N–H and O–H groups in total. The van der Waals surface area contributed by atoms with Crippen LogP contribution in [-0.2, 0) is 11.0 Å². The van der Waals surface area contributed by atoms with Gasteiger partial charge < -0.3 is 10.0 Å². The summed E-state index contributed by atoms with van der Waals surface area (Å²) >= 11 is 0.527. The van der Waals surface area contributed by atoms with Crippen LogP contribution in [0.5, 0.6) is 0 Å². The second-order valence-electron chi connectivity index (χ2n) is 3.27. The maximum absolute atomic E-state index is 12.3. The Hall–Kier alpha value is -1.38. The fraction of sp³-hybridized carbons (Fsp3) is 0.625. The number of nitrogens with zero attached hydrogens (tertiary/aromatic N) is 3. The summed E-state index contributed by atoms with van der Waals surface area (Å²) in [6, 6.07) is -0.913. The quantitative estimate of drug-likeness (QED) is 0.903. The molecule has 0 aliphatic heterocycles. The third-order valence-electron chi connectivity index (χ3n) is 2.11. The topological polar surface area (TPSA) is 66.3 Å². The molecular weight excluding hydrogens is 259 g/mol. The summed E-state index contributed by atoms with van der Waals surface area (Å²) in [5.74, 6) is -2.36. The first kappa shape index (κ1) is 13.7. The van der Waals surface area contributed by atoms with Crippen molar-refractivity contribution in [1.82, 2.24) is 9.36 Å². The lowest BCUT2D eigenvalue weighted by molar-refractivity contribution is -0.144. The molecule has 0 aromatic carbocycles. The van der Waals surface area contributed by atoms with Crippen molar-refractivity contribution in [2.24, 2.45) is 0 Å². The average Bonchev–Trinajstić information content (AvgIpc) is 2.65. The number of aromatic nitrogens is 2. The summed E-state index contributed by atoms with van der Waals surface area (Å²) in [6.45, 7) is 1.63. The molecule has 1 aromatic rings. The van der Waals surface area contributed by atoms with Gasteiger partial charge in [-0.1, -0.05) is 6.92 Å². The lowest BCUT2D eigenvalue weighted by Gasteiger charge is -2.22. The van der Waals surface area contributed by atoms with E-state index in [1.165, 1.54) is 11.9 Å². The molecule has 0 amide bonds. The minimum atomic E-state index is -4.61. The van der Waals surface area contributed by atoms with E-state index in [4.69, 9.17) is 5.11 Å². The average molecular weight is 269 g/mol. The van der Waals surface area contributed by atoms with E-state index in [1.807, 2.05) is 0 Å². The third kappa shape index (κ3) is 3.05. The van der Waals surface area contributed by atoms with Crippen LogP contribution in [0.3, 0.4) is 0 Å². The molecule has 17 heavy (non-hydrogen) atoms. The van der Waals surface area contributed by atoms with Gasteiger partial charge >= 0.3 is 12.1 Å². The number of hydrogen-bond acceptors (Lipinski definition) is 5. The Morgan fingerprint density at radius 3 is 2.53 bits per heavy atom. The Bertz CT molecular complexity index is 407. The lowest BCUT2D eigenvalue weighted by Crippen LogP contribution is -2.37. The number of anilines is 1. The van der Waals surface area contributed by atoms with Gasteiger partial charge in [0.15, 0.2) is 0 Å². The highest BCUT2D eigenvalue weighted by Crippen LogP contribution is 2.30. The Balaban J connectivity index is 2.93. The third-order valence-corrected chi connectivity index (χ3v) is 2.92. The fourth-order valence-electron chi connectivity index (χ4n) is 1.22. The van der Waals surface area contributed by atoms with Gasteiger partial charge in [-0.25, -0.2) is 4.79 Å². The van der Waals surface area contributed by atoms with Gasteiger partial charge in [-0.3, -0.25) is 0 Å². The van der Waals surface area contributed by atoms with Crippen LogP contribution >= 0.6 is 11.5 Å². The van der Waals surface area contributed by atoms with E-state index in [-0.39, 0.29) is 11.6 Å². The van der Waals surface area contributed by atoms with Crippen molar-refractivity contribution in [3.8, 4) is 0 Å². The molecule has 1 rings (SSSR count). The number of halogens is 3. The number of carboxylic acids is 1. The largest absolute Gasteiger partial charge is 0.480 e. The fourth-order valence-corrected chi connectivity index (χ4v) is 1.92. The van der Waals surface area contributed by atoms with Gasteiger partial charge in [0.2, 0.25) is 11.0 Å². The number of carbonyl (C=O) groups is 1. The van der Waals surface area contributed by atoms with Gasteiger partial charge in [0.25, 0.3) is 0 Å². The number of alkyl halides is 3. The number of likely N-dealkylation sites (N-methyl/N-ethyl adjacent to an activating group) is 1. The van der Waals surface area contributed by atoms with Crippen LogP contribution < -0.4 is 4.90 Å². The van der Waals surface area contributed by atoms with Crippen molar-refractivity contribution in [2.75, 3.05) is 11.9 Å². The maximum Gasteiger partial charge on any atom is 0.452 e. The number of aliphatic carboxylic acids is 1. The van der Waals surface area contributed by atoms with E-state index < -0.39 is 24.0 Å². The molecule has 0 aliphatic rings. The van der Waals surface area contributed by atoms with Gasteiger partial charge in [-0.05, 0) is 6.42 Å². The highest BCUT2D eigenvalue weighted by atomic mass is 32.1. The van der Waals surface area contributed by atoms with Crippen LogP contribution in [0, 0.1) is 0 Å².